The summed E-state index contributed by atoms with van der Waals surface area (Å²) in [5.41, 5.74) is 2.49. The Balaban J connectivity index is 2.81. The Labute approximate surface area is 98.9 Å². The van der Waals surface area contributed by atoms with Crippen LogP contribution < -0.4 is 0 Å². The standard InChI is InChI=1S/C15H22O/c1-11(2)9-13-5-7-14(8-6-13)15(10-16)12(3)4/h5-8,10-12,15H,9H2,1-4H3. The highest BCUT2D eigenvalue weighted by atomic mass is 16.1. The predicted octanol–water partition coefficient (Wildman–Crippen LogP) is 3.82. The lowest BCUT2D eigenvalue weighted by Gasteiger charge is -2.15. The maximum absolute atomic E-state index is 11.0. The minimum Gasteiger partial charge on any atom is -0.303 e. The van der Waals surface area contributed by atoms with Crippen LogP contribution in [0.4, 0.5) is 0 Å². The molecule has 0 heterocycles. The van der Waals surface area contributed by atoms with Gasteiger partial charge in [0, 0.05) is 5.92 Å². The van der Waals surface area contributed by atoms with E-state index in [1.807, 2.05) is 0 Å². The Morgan fingerprint density at radius 1 is 1.06 bits per heavy atom. The Bertz CT molecular complexity index is 322. The summed E-state index contributed by atoms with van der Waals surface area (Å²) in [4.78, 5) is 11.0. The number of rotatable bonds is 5. The Kier molecular flexibility index (Phi) is 4.72. The highest BCUT2D eigenvalue weighted by Crippen LogP contribution is 2.22. The third-order valence-electron chi connectivity index (χ3n) is 2.87. The minimum absolute atomic E-state index is 0.0353. The lowest BCUT2D eigenvalue weighted by atomic mass is 9.89. The van der Waals surface area contributed by atoms with Crippen LogP contribution >= 0.6 is 0 Å². The molecule has 0 N–H and O–H groups in total. The molecule has 0 aliphatic carbocycles. The predicted molar refractivity (Wildman–Crippen MR) is 68.6 cm³/mol. The molecule has 0 fully saturated rings. The van der Waals surface area contributed by atoms with Gasteiger partial charge in [0.1, 0.15) is 6.29 Å². The van der Waals surface area contributed by atoms with Crippen LogP contribution in [0.1, 0.15) is 44.7 Å². The van der Waals surface area contributed by atoms with E-state index >= 15 is 0 Å². The van der Waals surface area contributed by atoms with Crippen molar-refractivity contribution in [3.8, 4) is 0 Å². The molecule has 0 aromatic heterocycles. The maximum atomic E-state index is 11.0. The average molecular weight is 218 g/mol. The van der Waals surface area contributed by atoms with E-state index in [0.717, 1.165) is 18.3 Å². The van der Waals surface area contributed by atoms with Crippen LogP contribution in [0.5, 0.6) is 0 Å². The quantitative estimate of drug-likeness (QED) is 0.687. The van der Waals surface area contributed by atoms with Gasteiger partial charge in [0.15, 0.2) is 0 Å². The summed E-state index contributed by atoms with van der Waals surface area (Å²) in [6.07, 6.45) is 2.16. The summed E-state index contributed by atoms with van der Waals surface area (Å²) in [6.45, 7) is 8.61. The molecule has 1 nitrogen and oxygen atoms in total. The smallest absolute Gasteiger partial charge is 0.127 e. The molecule has 1 aromatic rings. The zero-order valence-corrected chi connectivity index (χ0v) is 10.7. The zero-order chi connectivity index (χ0) is 12.1. The van der Waals surface area contributed by atoms with E-state index in [1.54, 1.807) is 0 Å². The summed E-state index contributed by atoms with van der Waals surface area (Å²) in [6, 6.07) is 8.48. The van der Waals surface area contributed by atoms with Crippen LogP contribution in [-0.2, 0) is 11.2 Å². The first kappa shape index (κ1) is 13.0. The lowest BCUT2D eigenvalue weighted by Crippen LogP contribution is -2.08. The fourth-order valence-electron chi connectivity index (χ4n) is 1.97. The van der Waals surface area contributed by atoms with Crippen LogP contribution in [0, 0.1) is 11.8 Å². The first-order valence-corrected chi connectivity index (χ1v) is 6.08. The van der Waals surface area contributed by atoms with E-state index < -0.39 is 0 Å². The minimum atomic E-state index is 0.0353. The van der Waals surface area contributed by atoms with Gasteiger partial charge in [0.05, 0.1) is 0 Å². The van der Waals surface area contributed by atoms with Crippen molar-refractivity contribution < 1.29 is 4.79 Å². The molecule has 0 aliphatic rings. The van der Waals surface area contributed by atoms with Gasteiger partial charge in [-0.1, -0.05) is 52.0 Å². The van der Waals surface area contributed by atoms with E-state index in [9.17, 15) is 4.79 Å². The largest absolute Gasteiger partial charge is 0.303 e. The van der Waals surface area contributed by atoms with Crippen molar-refractivity contribution in [3.63, 3.8) is 0 Å². The first-order chi connectivity index (χ1) is 7.54. The SMILES string of the molecule is CC(C)Cc1ccc(C(C=O)C(C)C)cc1. The number of hydrogen-bond acceptors (Lipinski definition) is 1. The summed E-state index contributed by atoms with van der Waals surface area (Å²) in [7, 11) is 0. The number of carbonyl (C=O) groups excluding carboxylic acids is 1. The third kappa shape index (κ3) is 3.48. The molecule has 1 rings (SSSR count). The van der Waals surface area contributed by atoms with E-state index in [4.69, 9.17) is 0 Å². The molecule has 0 bridgehead atoms. The second-order valence-electron chi connectivity index (χ2n) is 5.25. The van der Waals surface area contributed by atoms with Crippen molar-refractivity contribution >= 4 is 6.29 Å². The number of hydrogen-bond donors (Lipinski definition) is 0. The van der Waals surface area contributed by atoms with Gasteiger partial charge in [0.2, 0.25) is 0 Å². The van der Waals surface area contributed by atoms with E-state index in [1.165, 1.54) is 5.56 Å². The Morgan fingerprint density at radius 3 is 2.00 bits per heavy atom. The normalized spacial score (nSPS) is 13.1. The summed E-state index contributed by atoms with van der Waals surface area (Å²) < 4.78 is 0. The average Bonchev–Trinajstić information content (AvgIpc) is 2.20. The van der Waals surface area contributed by atoms with Gasteiger partial charge in [0.25, 0.3) is 0 Å². The lowest BCUT2D eigenvalue weighted by molar-refractivity contribution is -0.109. The fourth-order valence-corrected chi connectivity index (χ4v) is 1.97. The molecule has 0 radical (unpaired) electrons. The van der Waals surface area contributed by atoms with E-state index in [0.29, 0.717) is 11.8 Å². The van der Waals surface area contributed by atoms with Gasteiger partial charge in [-0.25, -0.2) is 0 Å². The van der Waals surface area contributed by atoms with E-state index in [2.05, 4.69) is 52.0 Å². The molecule has 16 heavy (non-hydrogen) atoms. The topological polar surface area (TPSA) is 17.1 Å². The first-order valence-electron chi connectivity index (χ1n) is 6.08. The van der Waals surface area contributed by atoms with Crippen LogP contribution in [-0.4, -0.2) is 6.29 Å². The van der Waals surface area contributed by atoms with Crippen molar-refractivity contribution in [1.29, 1.82) is 0 Å². The van der Waals surface area contributed by atoms with Crippen LogP contribution in [0.15, 0.2) is 24.3 Å². The van der Waals surface area contributed by atoms with Crippen molar-refractivity contribution in [2.45, 2.75) is 40.0 Å². The fraction of sp³-hybridized carbons (Fsp3) is 0.533. The monoisotopic (exact) mass is 218 g/mol. The van der Waals surface area contributed by atoms with Crippen molar-refractivity contribution in [2.24, 2.45) is 11.8 Å². The van der Waals surface area contributed by atoms with Gasteiger partial charge in [-0.15, -0.1) is 0 Å². The Morgan fingerprint density at radius 2 is 1.62 bits per heavy atom. The maximum Gasteiger partial charge on any atom is 0.127 e. The highest BCUT2D eigenvalue weighted by molar-refractivity contribution is 5.62. The third-order valence-corrected chi connectivity index (χ3v) is 2.87. The van der Waals surface area contributed by atoms with Crippen molar-refractivity contribution in [3.05, 3.63) is 35.4 Å². The zero-order valence-electron chi connectivity index (χ0n) is 10.7. The molecule has 0 aliphatic heterocycles. The summed E-state index contributed by atoms with van der Waals surface area (Å²) in [5.74, 6) is 1.08. The van der Waals surface area contributed by atoms with E-state index in [-0.39, 0.29) is 5.92 Å². The van der Waals surface area contributed by atoms with Crippen molar-refractivity contribution in [1.82, 2.24) is 0 Å². The van der Waals surface area contributed by atoms with Crippen molar-refractivity contribution in [2.75, 3.05) is 0 Å². The molecule has 88 valence electrons. The molecule has 1 atom stereocenters. The molecule has 1 heteroatoms. The molecule has 1 unspecified atom stereocenters. The highest BCUT2D eigenvalue weighted by Gasteiger charge is 2.14. The second-order valence-corrected chi connectivity index (χ2v) is 5.25. The molecule has 1 aromatic carbocycles. The second kappa shape index (κ2) is 5.83. The van der Waals surface area contributed by atoms with Crippen LogP contribution in [0.3, 0.4) is 0 Å². The molecule has 0 amide bonds. The van der Waals surface area contributed by atoms with Gasteiger partial charge in [-0.2, -0.15) is 0 Å². The molecule has 0 saturated heterocycles. The number of aldehydes is 1. The summed E-state index contributed by atoms with van der Waals surface area (Å²) in [5, 5.41) is 0. The summed E-state index contributed by atoms with van der Waals surface area (Å²) >= 11 is 0. The Hall–Kier alpha value is -1.11. The molecular formula is C15H22O. The number of carbonyl (C=O) groups is 1. The van der Waals surface area contributed by atoms with Gasteiger partial charge < -0.3 is 4.79 Å². The van der Waals surface area contributed by atoms with Gasteiger partial charge in [-0.05, 0) is 29.4 Å². The molecular weight excluding hydrogens is 196 g/mol. The van der Waals surface area contributed by atoms with Crippen LogP contribution in [0.2, 0.25) is 0 Å². The molecule has 0 spiro atoms. The van der Waals surface area contributed by atoms with Crippen LogP contribution in [0.25, 0.3) is 0 Å². The van der Waals surface area contributed by atoms with Gasteiger partial charge >= 0.3 is 0 Å². The number of benzene rings is 1. The van der Waals surface area contributed by atoms with Gasteiger partial charge in [-0.3, -0.25) is 0 Å². The molecule has 0 saturated carbocycles.